The Kier molecular flexibility index (Phi) is 2.38. The number of nitrogens with zero attached hydrogens (tertiary/aromatic N) is 1. The first-order valence-corrected chi connectivity index (χ1v) is 3.50. The maximum absolute atomic E-state index is 12.7. The third kappa shape index (κ3) is 2.02. The predicted molar refractivity (Wildman–Crippen MR) is 41.8 cm³/mol. The molecule has 1 aromatic rings. The zero-order chi connectivity index (χ0) is 9.14. The third-order valence-electron chi connectivity index (χ3n) is 1.43. The molecule has 0 aliphatic carbocycles. The fourth-order valence-corrected chi connectivity index (χ4v) is 0.873. The number of rotatable bonds is 2. The molecule has 0 aliphatic rings. The van der Waals surface area contributed by atoms with Gasteiger partial charge in [0.2, 0.25) is 5.91 Å². The van der Waals surface area contributed by atoms with Gasteiger partial charge in [0.15, 0.2) is 0 Å². The Balaban J connectivity index is 2.89. The molecule has 12 heavy (non-hydrogen) atoms. The summed E-state index contributed by atoms with van der Waals surface area (Å²) >= 11 is 0. The lowest BCUT2D eigenvalue weighted by Crippen LogP contribution is -2.14. The summed E-state index contributed by atoms with van der Waals surface area (Å²) in [5.41, 5.74) is 5.73. The minimum atomic E-state index is -0.464. The number of hydrogen-bond donors (Lipinski definition) is 1. The molecule has 1 amide bonds. The van der Waals surface area contributed by atoms with Gasteiger partial charge in [0.1, 0.15) is 5.82 Å². The summed E-state index contributed by atoms with van der Waals surface area (Å²) in [7, 11) is 0. The van der Waals surface area contributed by atoms with Crippen LogP contribution in [-0.2, 0) is 11.2 Å². The number of aryl methyl sites for hydroxylation is 1. The van der Waals surface area contributed by atoms with Crippen LogP contribution in [0.2, 0.25) is 0 Å². The van der Waals surface area contributed by atoms with E-state index < -0.39 is 5.91 Å². The molecule has 1 heterocycles. The molecule has 1 rings (SSSR count). The summed E-state index contributed by atoms with van der Waals surface area (Å²) in [6, 6.07) is 2.73. The molecule has 64 valence electrons. The van der Waals surface area contributed by atoms with Crippen molar-refractivity contribution in [2.45, 2.75) is 13.3 Å². The van der Waals surface area contributed by atoms with Crippen LogP contribution in [0.4, 0.5) is 4.39 Å². The van der Waals surface area contributed by atoms with Crippen LogP contribution in [0.5, 0.6) is 0 Å². The smallest absolute Gasteiger partial charge is 0.223 e. The van der Waals surface area contributed by atoms with Crippen LogP contribution in [0.3, 0.4) is 0 Å². The molecule has 0 radical (unpaired) electrons. The highest BCUT2D eigenvalue weighted by Crippen LogP contribution is 2.04. The average molecular weight is 168 g/mol. The van der Waals surface area contributed by atoms with Crippen molar-refractivity contribution in [1.82, 2.24) is 4.98 Å². The molecule has 0 aromatic carbocycles. The van der Waals surface area contributed by atoms with Crippen LogP contribution in [-0.4, -0.2) is 10.9 Å². The highest BCUT2D eigenvalue weighted by atomic mass is 19.1. The van der Waals surface area contributed by atoms with E-state index in [1.54, 1.807) is 6.92 Å². The second-order valence-electron chi connectivity index (χ2n) is 2.51. The SMILES string of the molecule is Cc1nc(CC(N)=O)ccc1F. The van der Waals surface area contributed by atoms with E-state index in [1.807, 2.05) is 0 Å². The Hall–Kier alpha value is -1.45. The lowest BCUT2D eigenvalue weighted by Gasteiger charge is -1.99. The van der Waals surface area contributed by atoms with Gasteiger partial charge in [-0.1, -0.05) is 0 Å². The summed E-state index contributed by atoms with van der Waals surface area (Å²) in [5, 5.41) is 0. The van der Waals surface area contributed by atoms with E-state index in [0.717, 1.165) is 0 Å². The molecule has 0 atom stereocenters. The number of nitrogens with two attached hydrogens (primary N) is 1. The van der Waals surface area contributed by atoms with Crippen molar-refractivity contribution in [3.8, 4) is 0 Å². The molecule has 0 fully saturated rings. The summed E-state index contributed by atoms with van der Waals surface area (Å²) in [6.07, 6.45) is 0.0567. The number of halogens is 1. The van der Waals surface area contributed by atoms with Gasteiger partial charge >= 0.3 is 0 Å². The number of amides is 1. The molecule has 0 aliphatic heterocycles. The van der Waals surface area contributed by atoms with Gasteiger partial charge in [-0.25, -0.2) is 4.39 Å². The first kappa shape index (κ1) is 8.64. The van der Waals surface area contributed by atoms with Crippen LogP contribution in [0, 0.1) is 12.7 Å². The Bertz CT molecular complexity index is 312. The van der Waals surface area contributed by atoms with Gasteiger partial charge in [-0.05, 0) is 19.1 Å². The van der Waals surface area contributed by atoms with Gasteiger partial charge in [-0.2, -0.15) is 0 Å². The molecule has 0 bridgehead atoms. The Labute approximate surface area is 69.4 Å². The number of carbonyl (C=O) groups is 1. The molecule has 3 nitrogen and oxygen atoms in total. The molecule has 0 spiro atoms. The van der Waals surface area contributed by atoms with Crippen molar-refractivity contribution in [1.29, 1.82) is 0 Å². The van der Waals surface area contributed by atoms with Crippen molar-refractivity contribution in [3.05, 3.63) is 29.3 Å². The average Bonchev–Trinajstić information content (AvgIpc) is 1.96. The highest BCUT2D eigenvalue weighted by Gasteiger charge is 2.02. The Morgan fingerprint density at radius 2 is 2.33 bits per heavy atom. The maximum Gasteiger partial charge on any atom is 0.223 e. The van der Waals surface area contributed by atoms with E-state index in [1.165, 1.54) is 12.1 Å². The zero-order valence-electron chi connectivity index (χ0n) is 6.67. The van der Waals surface area contributed by atoms with Gasteiger partial charge in [-0.15, -0.1) is 0 Å². The van der Waals surface area contributed by atoms with Crippen LogP contribution in [0.1, 0.15) is 11.4 Å². The van der Waals surface area contributed by atoms with Gasteiger partial charge in [0.25, 0.3) is 0 Å². The van der Waals surface area contributed by atoms with Crippen LogP contribution < -0.4 is 5.73 Å². The largest absolute Gasteiger partial charge is 0.369 e. The molecule has 2 N–H and O–H groups in total. The number of primary amides is 1. The topological polar surface area (TPSA) is 56.0 Å². The summed E-state index contributed by atoms with van der Waals surface area (Å²) in [4.78, 5) is 14.3. The number of aromatic nitrogens is 1. The quantitative estimate of drug-likeness (QED) is 0.701. The molecule has 4 heteroatoms. The Morgan fingerprint density at radius 1 is 1.67 bits per heavy atom. The number of hydrogen-bond acceptors (Lipinski definition) is 2. The molecule has 0 saturated heterocycles. The molecule has 1 aromatic heterocycles. The van der Waals surface area contributed by atoms with Crippen molar-refractivity contribution < 1.29 is 9.18 Å². The summed E-state index contributed by atoms with van der Waals surface area (Å²) in [6.45, 7) is 1.54. The Morgan fingerprint density at radius 3 is 2.83 bits per heavy atom. The van der Waals surface area contributed by atoms with Crippen LogP contribution in [0.15, 0.2) is 12.1 Å². The fourth-order valence-electron chi connectivity index (χ4n) is 0.873. The van der Waals surface area contributed by atoms with E-state index >= 15 is 0 Å². The van der Waals surface area contributed by atoms with E-state index in [9.17, 15) is 9.18 Å². The maximum atomic E-state index is 12.7. The van der Waals surface area contributed by atoms with Crippen molar-refractivity contribution in [2.24, 2.45) is 5.73 Å². The van der Waals surface area contributed by atoms with Crippen molar-refractivity contribution in [2.75, 3.05) is 0 Å². The normalized spacial score (nSPS) is 9.83. The molecule has 0 saturated carbocycles. The third-order valence-corrected chi connectivity index (χ3v) is 1.43. The molecule has 0 unspecified atom stereocenters. The lowest BCUT2D eigenvalue weighted by molar-refractivity contribution is -0.117. The lowest BCUT2D eigenvalue weighted by atomic mass is 10.2. The van der Waals surface area contributed by atoms with Crippen molar-refractivity contribution in [3.63, 3.8) is 0 Å². The first-order valence-electron chi connectivity index (χ1n) is 3.50. The standard InChI is InChI=1S/C8H9FN2O/c1-5-7(9)3-2-6(11-5)4-8(10)12/h2-3H,4H2,1H3,(H2,10,12). The molecular formula is C8H9FN2O. The van der Waals surface area contributed by atoms with E-state index in [2.05, 4.69) is 4.98 Å². The highest BCUT2D eigenvalue weighted by molar-refractivity contribution is 5.76. The summed E-state index contributed by atoms with van der Waals surface area (Å²) in [5.74, 6) is -0.836. The second-order valence-corrected chi connectivity index (χ2v) is 2.51. The summed E-state index contributed by atoms with van der Waals surface area (Å²) < 4.78 is 12.7. The number of carbonyl (C=O) groups excluding carboxylic acids is 1. The minimum absolute atomic E-state index is 0.0567. The van der Waals surface area contributed by atoms with Crippen LogP contribution >= 0.6 is 0 Å². The van der Waals surface area contributed by atoms with Gasteiger partial charge in [-0.3, -0.25) is 9.78 Å². The van der Waals surface area contributed by atoms with Gasteiger partial charge in [0, 0.05) is 0 Å². The van der Waals surface area contributed by atoms with E-state index in [-0.39, 0.29) is 17.9 Å². The molecular weight excluding hydrogens is 159 g/mol. The van der Waals surface area contributed by atoms with E-state index in [0.29, 0.717) is 5.69 Å². The van der Waals surface area contributed by atoms with Gasteiger partial charge in [0.05, 0.1) is 17.8 Å². The number of pyridine rings is 1. The minimum Gasteiger partial charge on any atom is -0.369 e. The van der Waals surface area contributed by atoms with Crippen LogP contribution in [0.25, 0.3) is 0 Å². The monoisotopic (exact) mass is 168 g/mol. The fraction of sp³-hybridized carbons (Fsp3) is 0.250. The zero-order valence-corrected chi connectivity index (χ0v) is 6.67. The van der Waals surface area contributed by atoms with E-state index in [4.69, 9.17) is 5.73 Å². The van der Waals surface area contributed by atoms with Crippen molar-refractivity contribution >= 4 is 5.91 Å². The predicted octanol–water partition coefficient (Wildman–Crippen LogP) is 0.557. The van der Waals surface area contributed by atoms with Gasteiger partial charge < -0.3 is 5.73 Å². The second kappa shape index (κ2) is 3.30. The first-order chi connectivity index (χ1) is 5.59.